The third kappa shape index (κ3) is 3.72. The lowest BCUT2D eigenvalue weighted by atomic mass is 11.3. The summed E-state index contributed by atoms with van der Waals surface area (Å²) in [5.41, 5.74) is 0. The topological polar surface area (TPSA) is 23.6 Å². The molecule has 0 rings (SSSR count). The molecule has 0 fully saturated rings. The fourth-order valence-electron chi connectivity index (χ4n) is 1.14. The lowest BCUT2D eigenvalue weighted by Gasteiger charge is -2.46. The molecule has 0 aromatic rings. The summed E-state index contributed by atoms with van der Waals surface area (Å²) >= 11 is 0. The number of carbonyl (C=O) groups is 1. The van der Waals surface area contributed by atoms with E-state index in [4.69, 9.17) is 0 Å². The third-order valence-corrected chi connectivity index (χ3v) is 8.12. The van der Waals surface area contributed by atoms with Crippen LogP contribution in [0.5, 0.6) is 0 Å². The quantitative estimate of drug-likeness (QED) is 0.662. The maximum Gasteiger partial charge on any atom is 0.0813 e. The molecule has 0 aromatic heterocycles. The standard InChI is InChI=1S/C8H21N2OSi2/c1-9(2)12(10(3)4)8(11)13(5,6)7/h1-7H3/q-1. The molecule has 0 saturated carbocycles. The lowest BCUT2D eigenvalue weighted by Crippen LogP contribution is -2.58. The van der Waals surface area contributed by atoms with Crippen LogP contribution in [0, 0.1) is 0 Å². The van der Waals surface area contributed by atoms with E-state index < -0.39 is 17.2 Å². The molecule has 0 bridgehead atoms. The number of hydrogen-bond acceptors (Lipinski definition) is 3. The van der Waals surface area contributed by atoms with Crippen molar-refractivity contribution in [2.75, 3.05) is 28.2 Å². The molecule has 0 aliphatic carbocycles. The number of carbonyl (C=O) groups excluding carboxylic acids is 1. The minimum atomic E-state index is -1.63. The van der Waals surface area contributed by atoms with Crippen molar-refractivity contribution in [3.63, 3.8) is 0 Å². The molecule has 0 aliphatic rings. The third-order valence-electron chi connectivity index (χ3n) is 1.73. The Kier molecular flexibility index (Phi) is 4.51. The second-order valence-electron chi connectivity index (χ2n) is 4.69. The summed E-state index contributed by atoms with van der Waals surface area (Å²) in [6.07, 6.45) is 0. The average molecular weight is 217 g/mol. The van der Waals surface area contributed by atoms with Gasteiger partial charge in [0.25, 0.3) is 0 Å². The van der Waals surface area contributed by atoms with Crippen LogP contribution < -0.4 is 0 Å². The molecule has 0 N–H and O–H groups in total. The monoisotopic (exact) mass is 217 g/mol. The molecule has 0 aromatic carbocycles. The summed E-state index contributed by atoms with van der Waals surface area (Å²) in [6, 6.07) is 0. The van der Waals surface area contributed by atoms with Gasteiger partial charge in [0.2, 0.25) is 0 Å². The highest BCUT2D eigenvalue weighted by Crippen LogP contribution is 2.09. The molecule has 0 unspecified atom stereocenters. The van der Waals surface area contributed by atoms with Crippen LogP contribution in [0.1, 0.15) is 0 Å². The predicted molar refractivity (Wildman–Crippen MR) is 61.9 cm³/mol. The largest absolute Gasteiger partial charge is 0.445 e. The zero-order valence-electron chi connectivity index (χ0n) is 9.80. The molecule has 0 radical (unpaired) electrons. The second-order valence-corrected chi connectivity index (χ2v) is 13.0. The molecule has 13 heavy (non-hydrogen) atoms. The smallest absolute Gasteiger partial charge is 0.0813 e. The summed E-state index contributed by atoms with van der Waals surface area (Å²) in [6.45, 7) is 6.35. The molecule has 5 heteroatoms. The first-order valence-electron chi connectivity index (χ1n) is 4.44. The Labute approximate surface area is 84.5 Å². The molecule has 0 heterocycles. The molecular formula is C8H21N2OSi2-. The average Bonchev–Trinajstić information content (AvgIpc) is 1.82. The van der Waals surface area contributed by atoms with Gasteiger partial charge in [-0.2, -0.15) is 0 Å². The van der Waals surface area contributed by atoms with Crippen LogP contribution in [0.15, 0.2) is 0 Å². The van der Waals surface area contributed by atoms with Crippen molar-refractivity contribution in [2.24, 2.45) is 0 Å². The summed E-state index contributed by atoms with van der Waals surface area (Å²) in [4.78, 5) is 12.1. The van der Waals surface area contributed by atoms with E-state index in [-0.39, 0.29) is 0 Å². The fourth-order valence-corrected chi connectivity index (χ4v) is 6.78. The normalized spacial score (nSPS) is 12.4. The second kappa shape index (κ2) is 4.50. The van der Waals surface area contributed by atoms with E-state index in [2.05, 4.69) is 28.8 Å². The van der Waals surface area contributed by atoms with Gasteiger partial charge >= 0.3 is 0 Å². The van der Waals surface area contributed by atoms with E-state index in [0.717, 1.165) is 0 Å². The van der Waals surface area contributed by atoms with Crippen LogP contribution in [0.3, 0.4) is 0 Å². The Morgan fingerprint density at radius 3 is 1.38 bits per heavy atom. The Balaban J connectivity index is 4.68. The number of rotatable bonds is 4. The molecule has 0 spiro atoms. The maximum absolute atomic E-state index is 12.1. The van der Waals surface area contributed by atoms with E-state index in [9.17, 15) is 4.79 Å². The SMILES string of the molecule is CN(C)[Si-](C(=O)[Si](C)(C)C)N(C)C. The van der Waals surface area contributed by atoms with Crippen molar-refractivity contribution < 1.29 is 4.79 Å². The molecule has 0 aliphatic heterocycles. The van der Waals surface area contributed by atoms with Crippen molar-refractivity contribution in [1.82, 2.24) is 9.13 Å². The van der Waals surface area contributed by atoms with Gasteiger partial charge in [0.05, 0.1) is 8.07 Å². The highest BCUT2D eigenvalue weighted by atomic mass is 28.4. The highest BCUT2D eigenvalue weighted by molar-refractivity contribution is 7.24. The van der Waals surface area contributed by atoms with E-state index in [0.29, 0.717) is 5.03 Å². The summed E-state index contributed by atoms with van der Waals surface area (Å²) in [5.74, 6) is 0. The van der Waals surface area contributed by atoms with Crippen LogP contribution in [0.25, 0.3) is 0 Å². The summed E-state index contributed by atoms with van der Waals surface area (Å²) < 4.78 is 4.15. The van der Waals surface area contributed by atoms with Crippen molar-refractivity contribution in [1.29, 1.82) is 0 Å². The van der Waals surface area contributed by atoms with Gasteiger partial charge in [-0.05, 0) is 33.2 Å². The van der Waals surface area contributed by atoms with Gasteiger partial charge < -0.3 is 13.9 Å². The Morgan fingerprint density at radius 1 is 1.00 bits per heavy atom. The Morgan fingerprint density at radius 2 is 1.31 bits per heavy atom. The molecule has 78 valence electrons. The minimum absolute atomic E-state index is 0.493. The van der Waals surface area contributed by atoms with Crippen molar-refractivity contribution >= 4 is 22.2 Å². The fraction of sp³-hybridized carbons (Fsp3) is 0.875. The first kappa shape index (κ1) is 13.0. The summed E-state index contributed by atoms with van der Waals surface area (Å²) in [5, 5.41) is 0.493. The van der Waals surface area contributed by atoms with Crippen molar-refractivity contribution in [3.8, 4) is 0 Å². The van der Waals surface area contributed by atoms with Gasteiger partial charge in [-0.3, -0.25) is 0 Å². The zero-order valence-corrected chi connectivity index (χ0v) is 11.8. The van der Waals surface area contributed by atoms with Gasteiger partial charge in [0, 0.05) is 0 Å². The first-order chi connectivity index (χ1) is 5.68. The van der Waals surface area contributed by atoms with Crippen LogP contribution >= 0.6 is 0 Å². The molecule has 0 atom stereocenters. The lowest BCUT2D eigenvalue weighted by molar-refractivity contribution is 0.269. The van der Waals surface area contributed by atoms with E-state index in [1.54, 1.807) is 0 Å². The van der Waals surface area contributed by atoms with Crippen molar-refractivity contribution in [3.05, 3.63) is 0 Å². The maximum atomic E-state index is 12.1. The van der Waals surface area contributed by atoms with Crippen LogP contribution in [0.4, 0.5) is 4.79 Å². The van der Waals surface area contributed by atoms with E-state index in [1.807, 2.05) is 28.2 Å². The first-order valence-corrected chi connectivity index (χ1v) is 9.33. The Hall–Kier alpha value is 0.0238. The molecule has 0 amide bonds. The van der Waals surface area contributed by atoms with Crippen molar-refractivity contribution in [2.45, 2.75) is 19.6 Å². The Bertz CT molecular complexity index is 179. The highest BCUT2D eigenvalue weighted by Gasteiger charge is 2.23. The van der Waals surface area contributed by atoms with Crippen LogP contribution in [0.2, 0.25) is 19.6 Å². The van der Waals surface area contributed by atoms with Gasteiger partial charge in [0.15, 0.2) is 0 Å². The number of nitrogens with zero attached hydrogens (tertiary/aromatic N) is 2. The molecular weight excluding hydrogens is 196 g/mol. The minimum Gasteiger partial charge on any atom is -0.445 e. The predicted octanol–water partition coefficient (Wildman–Crippen LogP) is 1.22. The van der Waals surface area contributed by atoms with Gasteiger partial charge in [-0.15, -0.1) is 0 Å². The van der Waals surface area contributed by atoms with E-state index >= 15 is 0 Å². The van der Waals surface area contributed by atoms with Gasteiger partial charge in [-0.25, -0.2) is 0 Å². The van der Waals surface area contributed by atoms with Gasteiger partial charge in [-0.1, -0.05) is 28.8 Å². The summed E-state index contributed by atoms with van der Waals surface area (Å²) in [7, 11) is 5.22. The van der Waals surface area contributed by atoms with Crippen LogP contribution in [-0.4, -0.2) is 59.5 Å². The molecule has 0 saturated heterocycles. The zero-order chi connectivity index (χ0) is 10.8. The number of hydrogen-bond donors (Lipinski definition) is 0. The van der Waals surface area contributed by atoms with Gasteiger partial charge in [0.1, 0.15) is 0 Å². The molecule has 3 nitrogen and oxygen atoms in total. The van der Waals surface area contributed by atoms with E-state index in [1.165, 1.54) is 0 Å². The van der Waals surface area contributed by atoms with Crippen LogP contribution in [-0.2, 0) is 0 Å².